The molecule has 3 nitrogen and oxygen atoms in total. The van der Waals surface area contributed by atoms with E-state index in [1.807, 2.05) is 42.3 Å². The van der Waals surface area contributed by atoms with Gasteiger partial charge in [-0.1, -0.05) is 0 Å². The second kappa shape index (κ2) is 59.9. The van der Waals surface area contributed by atoms with E-state index in [1.54, 1.807) is 0 Å². The van der Waals surface area contributed by atoms with Crippen LogP contribution in [0.5, 0.6) is 0 Å². The van der Waals surface area contributed by atoms with E-state index in [4.69, 9.17) is 0 Å². The van der Waals surface area contributed by atoms with E-state index in [0.29, 0.717) is 0 Å². The minimum atomic E-state index is 0. The van der Waals surface area contributed by atoms with Gasteiger partial charge in [-0.25, -0.2) is 0 Å². The molecule has 68 valence electrons. The van der Waals surface area contributed by atoms with Crippen LogP contribution in [0.4, 0.5) is 0 Å². The SMILES string of the molecule is CNC.CNC.CNC.S. The highest BCUT2D eigenvalue weighted by atomic mass is 32.1. The van der Waals surface area contributed by atoms with Crippen LogP contribution in [-0.4, -0.2) is 42.3 Å². The summed E-state index contributed by atoms with van der Waals surface area (Å²) in [6, 6.07) is 0. The molecule has 0 atom stereocenters. The summed E-state index contributed by atoms with van der Waals surface area (Å²) in [4.78, 5) is 0. The first kappa shape index (κ1) is 22.5. The predicted molar refractivity (Wildman–Crippen MR) is 55.3 cm³/mol. The lowest BCUT2D eigenvalue weighted by molar-refractivity contribution is 1.02. The fraction of sp³-hybridized carbons (Fsp3) is 1.00. The maximum atomic E-state index is 2.75. The maximum Gasteiger partial charge on any atom is -0.0167 e. The Hall–Kier alpha value is 0.230. The molecule has 0 amide bonds. The van der Waals surface area contributed by atoms with Crippen molar-refractivity contribution in [2.24, 2.45) is 0 Å². The predicted octanol–water partition coefficient (Wildman–Crippen LogP) is -0.380. The van der Waals surface area contributed by atoms with Gasteiger partial charge in [0.25, 0.3) is 0 Å². The first-order valence-corrected chi connectivity index (χ1v) is 3.00. The normalized spacial score (nSPS) is 5.40. The third-order valence-corrected chi connectivity index (χ3v) is 0. The van der Waals surface area contributed by atoms with Crippen molar-refractivity contribution in [3.63, 3.8) is 0 Å². The van der Waals surface area contributed by atoms with Crippen LogP contribution in [0.1, 0.15) is 0 Å². The third-order valence-electron chi connectivity index (χ3n) is 0. The molecule has 3 N–H and O–H groups in total. The summed E-state index contributed by atoms with van der Waals surface area (Å²) in [6.07, 6.45) is 0. The van der Waals surface area contributed by atoms with E-state index in [-0.39, 0.29) is 13.5 Å². The summed E-state index contributed by atoms with van der Waals surface area (Å²) < 4.78 is 0. The topological polar surface area (TPSA) is 36.1 Å². The molecule has 0 rings (SSSR count). The van der Waals surface area contributed by atoms with Crippen LogP contribution in [0.2, 0.25) is 0 Å². The van der Waals surface area contributed by atoms with E-state index < -0.39 is 0 Å². The van der Waals surface area contributed by atoms with Gasteiger partial charge in [0.1, 0.15) is 0 Å². The summed E-state index contributed by atoms with van der Waals surface area (Å²) in [7, 11) is 11.2. The number of rotatable bonds is 0. The fourth-order valence-electron chi connectivity index (χ4n) is 0. The van der Waals surface area contributed by atoms with Crippen molar-refractivity contribution in [1.29, 1.82) is 0 Å². The van der Waals surface area contributed by atoms with Crippen molar-refractivity contribution < 1.29 is 0 Å². The summed E-state index contributed by atoms with van der Waals surface area (Å²) in [5.41, 5.74) is 0. The maximum absolute atomic E-state index is 2.75. The molecule has 0 radical (unpaired) electrons. The Kier molecular flexibility index (Phi) is 135. The lowest BCUT2D eigenvalue weighted by Crippen LogP contribution is -1.89. The zero-order valence-corrected chi connectivity index (χ0v) is 9.00. The molecule has 0 aromatic heterocycles. The van der Waals surface area contributed by atoms with Gasteiger partial charge >= 0.3 is 0 Å². The molecule has 0 heterocycles. The van der Waals surface area contributed by atoms with Crippen LogP contribution in [0.15, 0.2) is 0 Å². The molecule has 0 aliphatic rings. The van der Waals surface area contributed by atoms with Gasteiger partial charge in [-0.2, -0.15) is 13.5 Å². The molecule has 0 aromatic carbocycles. The Balaban J connectivity index is -0.0000000257. The van der Waals surface area contributed by atoms with Gasteiger partial charge in [-0.3, -0.25) is 0 Å². The van der Waals surface area contributed by atoms with Crippen LogP contribution < -0.4 is 16.0 Å². The molecule has 10 heavy (non-hydrogen) atoms. The van der Waals surface area contributed by atoms with E-state index in [2.05, 4.69) is 16.0 Å². The molecular formula is C6H23N3S. The minimum absolute atomic E-state index is 0. The zero-order chi connectivity index (χ0) is 8.12. The molecular weight excluding hydrogens is 146 g/mol. The van der Waals surface area contributed by atoms with Gasteiger partial charge in [0.2, 0.25) is 0 Å². The molecule has 0 aliphatic heterocycles. The zero-order valence-electron chi connectivity index (χ0n) is 8.00. The Morgan fingerprint density at radius 2 is 0.500 bits per heavy atom. The second-order valence-corrected chi connectivity index (χ2v) is 1.50. The van der Waals surface area contributed by atoms with Crippen molar-refractivity contribution >= 4 is 13.5 Å². The van der Waals surface area contributed by atoms with Gasteiger partial charge in [-0.05, 0) is 42.3 Å². The highest BCUT2D eigenvalue weighted by Gasteiger charge is 1.26. The molecule has 4 heteroatoms. The molecule has 0 fully saturated rings. The van der Waals surface area contributed by atoms with Gasteiger partial charge in [0.15, 0.2) is 0 Å². The molecule has 0 aliphatic carbocycles. The van der Waals surface area contributed by atoms with E-state index in [9.17, 15) is 0 Å². The largest absolute Gasteiger partial charge is 0.323 e. The minimum Gasteiger partial charge on any atom is -0.323 e. The first-order valence-electron chi connectivity index (χ1n) is 3.00. The Bertz CT molecular complexity index is 17.7. The molecule has 0 aromatic rings. The highest BCUT2D eigenvalue weighted by Crippen LogP contribution is 0.987. The first-order chi connectivity index (χ1) is 4.24. The standard InChI is InChI=1S/3C2H7N.H2S/c3*1-3-2;/h3*3H,1-2H3;1H2. The van der Waals surface area contributed by atoms with Crippen molar-refractivity contribution in [1.82, 2.24) is 16.0 Å². The fourth-order valence-corrected chi connectivity index (χ4v) is 0. The molecule has 0 saturated heterocycles. The van der Waals surface area contributed by atoms with E-state index >= 15 is 0 Å². The van der Waals surface area contributed by atoms with Gasteiger partial charge < -0.3 is 16.0 Å². The molecule has 0 spiro atoms. The molecule has 0 unspecified atom stereocenters. The summed E-state index contributed by atoms with van der Waals surface area (Å²) >= 11 is 0. The quantitative estimate of drug-likeness (QED) is 0.463. The van der Waals surface area contributed by atoms with Crippen molar-refractivity contribution in [3.05, 3.63) is 0 Å². The number of hydrogen-bond donors (Lipinski definition) is 3. The average molecular weight is 169 g/mol. The summed E-state index contributed by atoms with van der Waals surface area (Å²) in [6.45, 7) is 0. The number of hydrogen-bond acceptors (Lipinski definition) is 3. The van der Waals surface area contributed by atoms with Crippen molar-refractivity contribution in [2.45, 2.75) is 0 Å². The third kappa shape index (κ3) is 8130. The van der Waals surface area contributed by atoms with Crippen LogP contribution in [0.25, 0.3) is 0 Å². The van der Waals surface area contributed by atoms with Gasteiger partial charge in [0, 0.05) is 0 Å². The Morgan fingerprint density at radius 3 is 0.500 bits per heavy atom. The van der Waals surface area contributed by atoms with Gasteiger partial charge in [0.05, 0.1) is 0 Å². The monoisotopic (exact) mass is 169 g/mol. The number of nitrogens with one attached hydrogen (secondary N) is 3. The second-order valence-electron chi connectivity index (χ2n) is 1.50. The molecule has 0 saturated carbocycles. The summed E-state index contributed by atoms with van der Waals surface area (Å²) in [5.74, 6) is 0. The van der Waals surface area contributed by atoms with Crippen LogP contribution in [0, 0.1) is 0 Å². The van der Waals surface area contributed by atoms with Crippen molar-refractivity contribution in [2.75, 3.05) is 42.3 Å². The highest BCUT2D eigenvalue weighted by molar-refractivity contribution is 7.59. The van der Waals surface area contributed by atoms with Crippen LogP contribution in [0.3, 0.4) is 0 Å². The van der Waals surface area contributed by atoms with E-state index in [0.717, 1.165) is 0 Å². The Labute approximate surface area is 72.4 Å². The molecule has 0 bridgehead atoms. The Morgan fingerprint density at radius 1 is 0.500 bits per heavy atom. The lowest BCUT2D eigenvalue weighted by Gasteiger charge is -1.59. The van der Waals surface area contributed by atoms with Crippen LogP contribution >= 0.6 is 13.5 Å². The van der Waals surface area contributed by atoms with E-state index in [1.165, 1.54) is 0 Å². The smallest absolute Gasteiger partial charge is 0.0167 e. The average Bonchev–Trinajstić information content (AvgIpc) is 1.70. The lowest BCUT2D eigenvalue weighted by atomic mass is 11.3. The summed E-state index contributed by atoms with van der Waals surface area (Å²) in [5, 5.41) is 8.25. The van der Waals surface area contributed by atoms with Gasteiger partial charge in [-0.15, -0.1) is 0 Å². The van der Waals surface area contributed by atoms with Crippen molar-refractivity contribution in [3.8, 4) is 0 Å². The van der Waals surface area contributed by atoms with Crippen LogP contribution in [-0.2, 0) is 0 Å².